The minimum absolute atomic E-state index is 0.00382. The van der Waals surface area contributed by atoms with Crippen molar-refractivity contribution in [3.8, 4) is 0 Å². The predicted molar refractivity (Wildman–Crippen MR) is 121 cm³/mol. The van der Waals surface area contributed by atoms with E-state index in [0.29, 0.717) is 24.7 Å². The summed E-state index contributed by atoms with van der Waals surface area (Å²) in [6.07, 6.45) is 2.64. The zero-order valence-electron chi connectivity index (χ0n) is 17.6. The topological polar surface area (TPSA) is 56.4 Å². The van der Waals surface area contributed by atoms with Crippen LogP contribution in [0.15, 0.2) is 46.5 Å². The maximum atomic E-state index is 12.9. The first kappa shape index (κ1) is 23.4. The molecule has 0 radical (unpaired) electrons. The van der Waals surface area contributed by atoms with Gasteiger partial charge in [0.15, 0.2) is 0 Å². The average Bonchev–Trinajstić information content (AvgIpc) is 3.11. The number of amides is 1. The summed E-state index contributed by atoms with van der Waals surface area (Å²) in [5.74, 6) is -0.00382. The summed E-state index contributed by atoms with van der Waals surface area (Å²) >= 11 is 6.12. The van der Waals surface area contributed by atoms with Crippen LogP contribution in [0.4, 0.5) is 0 Å². The van der Waals surface area contributed by atoms with E-state index in [1.807, 2.05) is 75.1 Å². The van der Waals surface area contributed by atoms with E-state index in [0.717, 1.165) is 28.3 Å². The van der Waals surface area contributed by atoms with Gasteiger partial charge in [0.2, 0.25) is 5.91 Å². The molecule has 1 aromatic heterocycles. The van der Waals surface area contributed by atoms with Crippen LogP contribution in [0, 0.1) is 6.92 Å². The van der Waals surface area contributed by atoms with E-state index in [1.165, 1.54) is 0 Å². The van der Waals surface area contributed by atoms with Crippen LogP contribution in [0.1, 0.15) is 44.0 Å². The van der Waals surface area contributed by atoms with Crippen molar-refractivity contribution in [1.82, 2.24) is 14.2 Å². The van der Waals surface area contributed by atoms with E-state index in [2.05, 4.69) is 4.98 Å². The molecule has 5 nitrogen and oxygen atoms in total. The Hall–Kier alpha value is -1.89. The summed E-state index contributed by atoms with van der Waals surface area (Å²) in [4.78, 5) is 17.5. The molecule has 1 aromatic carbocycles. The Kier molecular flexibility index (Phi) is 9.14. The molecule has 3 rings (SSSR count). The molecule has 1 aliphatic heterocycles. The zero-order valence-corrected chi connectivity index (χ0v) is 19.1. The molecule has 1 N–H and O–H groups in total. The van der Waals surface area contributed by atoms with Crippen molar-refractivity contribution in [2.45, 2.75) is 45.7 Å². The van der Waals surface area contributed by atoms with Gasteiger partial charge in [-0.1, -0.05) is 62.7 Å². The zero-order chi connectivity index (χ0) is 21.4. The summed E-state index contributed by atoms with van der Waals surface area (Å²) in [7, 11) is -1.40. The highest BCUT2D eigenvalue weighted by molar-refractivity contribution is 7.82. The Morgan fingerprint density at radius 1 is 1.24 bits per heavy atom. The molecule has 0 saturated carbocycles. The number of benzene rings is 1. The molecule has 2 heterocycles. The Labute approximate surface area is 181 Å². The fourth-order valence-corrected chi connectivity index (χ4v) is 4.33. The molecule has 1 fully saturated rings. The first-order valence-corrected chi connectivity index (χ1v) is 11.5. The highest BCUT2D eigenvalue weighted by Gasteiger charge is 2.28. The number of nitrogens with zero attached hydrogens (tertiary/aromatic N) is 2. The summed E-state index contributed by atoms with van der Waals surface area (Å²) in [6, 6.07) is 11.8. The third-order valence-electron chi connectivity index (χ3n) is 4.60. The van der Waals surface area contributed by atoms with E-state index in [-0.39, 0.29) is 12.5 Å². The smallest absolute Gasteiger partial charge is 0.238 e. The molecule has 1 amide bonds. The fourth-order valence-electron chi connectivity index (χ4n) is 3.00. The Morgan fingerprint density at radius 2 is 1.93 bits per heavy atom. The van der Waals surface area contributed by atoms with Crippen molar-refractivity contribution in [1.29, 1.82) is 0 Å². The van der Waals surface area contributed by atoms with Crippen molar-refractivity contribution in [2.75, 3.05) is 19.6 Å². The summed E-state index contributed by atoms with van der Waals surface area (Å²) in [6.45, 7) is 9.79. The number of nitrogens with one attached hydrogen (secondary N) is 1. The standard InChI is InChI=1S/C20H24ClN3O2S.C2H6/c1-3-18(21)11-17-12-19(22-15(17)2)27(26)24-10-9-23(20(25)14-24)13-16-7-5-4-6-8-16;1-2/h4-8,11-12,22H,3,9-10,13-14H2,1-2H3;1-2H3/b18-11+;. The minimum Gasteiger partial charge on any atom is -0.350 e. The average molecular weight is 436 g/mol. The van der Waals surface area contributed by atoms with Gasteiger partial charge < -0.3 is 9.88 Å². The molecule has 1 saturated heterocycles. The van der Waals surface area contributed by atoms with Crippen molar-refractivity contribution >= 4 is 34.6 Å². The third kappa shape index (κ3) is 6.29. The second-order valence-corrected chi connectivity index (χ2v) is 8.51. The van der Waals surface area contributed by atoms with Gasteiger partial charge in [-0.25, -0.2) is 8.51 Å². The largest absolute Gasteiger partial charge is 0.350 e. The SMILES string of the molecule is CC.CC/C(Cl)=C\c1cc(S(=O)N2CCN(Cc3ccccc3)C(=O)C2)[nH]c1C. The van der Waals surface area contributed by atoms with Crippen LogP contribution in [0.5, 0.6) is 0 Å². The van der Waals surface area contributed by atoms with Gasteiger partial charge in [0.25, 0.3) is 0 Å². The first-order chi connectivity index (χ1) is 14.0. The van der Waals surface area contributed by atoms with Crippen molar-refractivity contribution < 1.29 is 9.00 Å². The second-order valence-electron chi connectivity index (χ2n) is 6.57. The van der Waals surface area contributed by atoms with Crippen LogP contribution in [0.2, 0.25) is 0 Å². The number of hydrogen-bond acceptors (Lipinski definition) is 2. The summed E-state index contributed by atoms with van der Waals surface area (Å²) in [5.41, 5.74) is 2.95. The third-order valence-corrected chi connectivity index (χ3v) is 6.36. The number of allylic oxidation sites excluding steroid dienone is 1. The molecule has 1 unspecified atom stereocenters. The molecule has 29 heavy (non-hydrogen) atoms. The highest BCUT2D eigenvalue weighted by Crippen LogP contribution is 2.22. The Bertz CT molecular complexity index is 864. The second kappa shape index (κ2) is 11.3. The van der Waals surface area contributed by atoms with Gasteiger partial charge in [-0.05, 0) is 36.6 Å². The molecule has 0 bridgehead atoms. The van der Waals surface area contributed by atoms with E-state index in [9.17, 15) is 9.00 Å². The lowest BCUT2D eigenvalue weighted by molar-refractivity contribution is -0.134. The van der Waals surface area contributed by atoms with E-state index in [4.69, 9.17) is 11.6 Å². The molecular weight excluding hydrogens is 406 g/mol. The van der Waals surface area contributed by atoms with Crippen LogP contribution in [0.25, 0.3) is 6.08 Å². The maximum Gasteiger partial charge on any atom is 0.238 e. The Morgan fingerprint density at radius 3 is 2.55 bits per heavy atom. The molecule has 158 valence electrons. The number of carbonyl (C=O) groups excluding carboxylic acids is 1. The van der Waals surface area contributed by atoms with Crippen molar-refractivity contribution in [3.63, 3.8) is 0 Å². The number of aromatic amines is 1. The number of hydrogen-bond donors (Lipinski definition) is 1. The fraction of sp³-hybridized carbons (Fsp3) is 0.409. The molecular formula is C22H30ClN3O2S. The molecule has 0 spiro atoms. The van der Waals surface area contributed by atoms with Crippen LogP contribution in [-0.2, 0) is 22.3 Å². The van der Waals surface area contributed by atoms with E-state index >= 15 is 0 Å². The number of piperazine rings is 1. The quantitative estimate of drug-likeness (QED) is 0.714. The number of halogens is 1. The van der Waals surface area contributed by atoms with Crippen molar-refractivity contribution in [2.24, 2.45) is 0 Å². The number of aromatic nitrogens is 1. The van der Waals surface area contributed by atoms with Gasteiger partial charge in [-0.15, -0.1) is 0 Å². The molecule has 1 atom stereocenters. The van der Waals surface area contributed by atoms with Gasteiger partial charge in [0.1, 0.15) is 16.0 Å². The number of rotatable bonds is 6. The van der Waals surface area contributed by atoms with Crippen LogP contribution < -0.4 is 0 Å². The van der Waals surface area contributed by atoms with Crippen LogP contribution in [-0.4, -0.2) is 43.9 Å². The lowest BCUT2D eigenvalue weighted by Gasteiger charge is -2.33. The molecule has 2 aromatic rings. The van der Waals surface area contributed by atoms with Gasteiger partial charge in [0, 0.05) is 30.4 Å². The van der Waals surface area contributed by atoms with Crippen LogP contribution in [0.3, 0.4) is 0 Å². The summed E-state index contributed by atoms with van der Waals surface area (Å²) in [5, 5.41) is 1.35. The van der Waals surface area contributed by atoms with E-state index < -0.39 is 11.0 Å². The lowest BCUT2D eigenvalue weighted by Crippen LogP contribution is -2.50. The monoisotopic (exact) mass is 435 g/mol. The van der Waals surface area contributed by atoms with Gasteiger partial charge in [0.05, 0.1) is 6.54 Å². The predicted octanol–water partition coefficient (Wildman–Crippen LogP) is 4.71. The first-order valence-electron chi connectivity index (χ1n) is 10.0. The molecule has 7 heteroatoms. The molecule has 1 aliphatic rings. The molecule has 0 aliphatic carbocycles. The van der Waals surface area contributed by atoms with Crippen molar-refractivity contribution in [3.05, 3.63) is 58.3 Å². The number of H-pyrrole nitrogens is 1. The van der Waals surface area contributed by atoms with Gasteiger partial charge >= 0.3 is 0 Å². The van der Waals surface area contributed by atoms with Crippen LogP contribution >= 0.6 is 11.6 Å². The number of aryl methyl sites for hydroxylation is 1. The van der Waals surface area contributed by atoms with E-state index in [1.54, 1.807) is 4.31 Å². The lowest BCUT2D eigenvalue weighted by atomic mass is 10.2. The maximum absolute atomic E-state index is 12.9. The summed E-state index contributed by atoms with van der Waals surface area (Å²) < 4.78 is 14.6. The van der Waals surface area contributed by atoms with Gasteiger partial charge in [-0.2, -0.15) is 0 Å². The normalized spacial score (nSPS) is 16.4. The Balaban J connectivity index is 0.00000145. The number of carbonyl (C=O) groups is 1. The minimum atomic E-state index is -1.40. The van der Waals surface area contributed by atoms with Gasteiger partial charge in [-0.3, -0.25) is 4.79 Å². The highest BCUT2D eigenvalue weighted by atomic mass is 35.5.